The molecule has 0 aromatic heterocycles. The Morgan fingerprint density at radius 2 is 1.46 bits per heavy atom. The second-order valence-electron chi connectivity index (χ2n) is 7.78. The first-order chi connectivity index (χ1) is 11.6. The normalized spacial score (nSPS) is 30.4. The number of hydrogen-bond donors (Lipinski definition) is 0. The quantitative estimate of drug-likeness (QED) is 0.794. The summed E-state index contributed by atoms with van der Waals surface area (Å²) in [6, 6.07) is 0.622. The number of likely N-dealkylation sites (tertiary alicyclic amines) is 3. The minimum Gasteiger partial charge on any atom is -0.341 e. The highest BCUT2D eigenvalue weighted by Crippen LogP contribution is 2.31. The molecule has 5 heteroatoms. The number of nitrogens with zero attached hydrogens (tertiary/aromatic N) is 3. The maximum absolute atomic E-state index is 13.0. The molecule has 5 nitrogen and oxygen atoms in total. The lowest BCUT2D eigenvalue weighted by atomic mass is 10.0. The van der Waals surface area contributed by atoms with Gasteiger partial charge in [-0.2, -0.15) is 0 Å². The first-order valence-corrected chi connectivity index (χ1v) is 9.91. The van der Waals surface area contributed by atoms with Crippen LogP contribution >= 0.6 is 0 Å². The molecule has 3 heterocycles. The monoisotopic (exact) mass is 335 g/mol. The Morgan fingerprint density at radius 3 is 2.12 bits per heavy atom. The van der Waals surface area contributed by atoms with Crippen molar-refractivity contribution >= 4 is 11.8 Å². The summed E-state index contributed by atoms with van der Waals surface area (Å²) in [5.41, 5.74) is 0. The van der Waals surface area contributed by atoms with Gasteiger partial charge in [0.1, 0.15) is 0 Å². The zero-order valence-corrected chi connectivity index (χ0v) is 15.4. The lowest BCUT2D eigenvalue weighted by Gasteiger charge is -2.38. The lowest BCUT2D eigenvalue weighted by Crippen LogP contribution is -2.54. The summed E-state index contributed by atoms with van der Waals surface area (Å²) in [5.74, 6) is 0.493. The first-order valence-electron chi connectivity index (χ1n) is 9.91. The van der Waals surface area contributed by atoms with Crippen LogP contribution < -0.4 is 0 Å². The van der Waals surface area contributed by atoms with Gasteiger partial charge in [0.25, 0.3) is 0 Å². The molecule has 0 unspecified atom stereocenters. The second kappa shape index (κ2) is 7.85. The van der Waals surface area contributed by atoms with Crippen LogP contribution in [-0.4, -0.2) is 70.8 Å². The minimum absolute atomic E-state index is 0.0509. The van der Waals surface area contributed by atoms with Crippen molar-refractivity contribution in [3.05, 3.63) is 0 Å². The van der Waals surface area contributed by atoms with Crippen molar-refractivity contribution in [1.82, 2.24) is 14.7 Å². The molecule has 0 radical (unpaired) electrons. The van der Waals surface area contributed by atoms with E-state index >= 15 is 0 Å². The van der Waals surface area contributed by atoms with E-state index in [4.69, 9.17) is 0 Å². The molecule has 0 aromatic carbocycles. The highest BCUT2D eigenvalue weighted by atomic mass is 16.2. The van der Waals surface area contributed by atoms with Crippen molar-refractivity contribution in [3.63, 3.8) is 0 Å². The molecule has 3 saturated heterocycles. The van der Waals surface area contributed by atoms with E-state index in [1.54, 1.807) is 6.92 Å². The number of carbonyl (C=O) groups is 2. The van der Waals surface area contributed by atoms with Crippen LogP contribution in [0, 0.1) is 0 Å². The lowest BCUT2D eigenvalue weighted by molar-refractivity contribution is -0.137. The van der Waals surface area contributed by atoms with E-state index in [0.29, 0.717) is 18.0 Å². The Balaban J connectivity index is 1.67. The Hall–Kier alpha value is -1.10. The molecule has 2 amide bonds. The van der Waals surface area contributed by atoms with Crippen molar-refractivity contribution in [2.24, 2.45) is 0 Å². The van der Waals surface area contributed by atoms with Gasteiger partial charge in [-0.15, -0.1) is 0 Å². The van der Waals surface area contributed by atoms with E-state index in [-0.39, 0.29) is 11.9 Å². The van der Waals surface area contributed by atoms with Gasteiger partial charge < -0.3 is 9.80 Å². The Morgan fingerprint density at radius 1 is 0.833 bits per heavy atom. The number of carbonyl (C=O) groups excluding carboxylic acids is 2. The largest absolute Gasteiger partial charge is 0.341 e. The second-order valence-corrected chi connectivity index (χ2v) is 7.78. The molecule has 0 bridgehead atoms. The fraction of sp³-hybridized carbons (Fsp3) is 0.895. The third kappa shape index (κ3) is 3.61. The SMILES string of the molecule is CC(=O)N1CCC[C@@H]1[C@@H]1CCCN1[C@H](C)C(=O)N1CCCCCC1. The third-order valence-electron chi connectivity index (χ3n) is 6.26. The fourth-order valence-electron chi connectivity index (χ4n) is 4.99. The minimum atomic E-state index is -0.0509. The third-order valence-corrected chi connectivity index (χ3v) is 6.26. The summed E-state index contributed by atoms with van der Waals surface area (Å²) in [4.78, 5) is 31.5. The van der Waals surface area contributed by atoms with E-state index in [9.17, 15) is 9.59 Å². The average Bonchev–Trinajstić information content (AvgIpc) is 3.16. The standard InChI is InChI=1S/C19H33N3O2/c1-15(19(24)20-11-5-3-4-6-12-20)21-13-7-9-17(21)18-10-8-14-22(18)16(2)23/h15,17-18H,3-14H2,1-2H3/t15-,17+,18-/m1/s1. The zero-order valence-electron chi connectivity index (χ0n) is 15.4. The van der Waals surface area contributed by atoms with Gasteiger partial charge >= 0.3 is 0 Å². The number of rotatable bonds is 3. The molecule has 0 saturated carbocycles. The molecule has 3 aliphatic heterocycles. The summed E-state index contributed by atoms with van der Waals surface area (Å²) < 4.78 is 0. The van der Waals surface area contributed by atoms with Crippen molar-refractivity contribution in [1.29, 1.82) is 0 Å². The van der Waals surface area contributed by atoms with Gasteiger partial charge in [0.15, 0.2) is 0 Å². The van der Waals surface area contributed by atoms with Gasteiger partial charge in [-0.1, -0.05) is 12.8 Å². The van der Waals surface area contributed by atoms with Gasteiger partial charge in [0.2, 0.25) is 11.8 Å². The maximum Gasteiger partial charge on any atom is 0.239 e. The Labute approximate surface area is 146 Å². The van der Waals surface area contributed by atoms with Crippen molar-refractivity contribution in [2.75, 3.05) is 26.2 Å². The van der Waals surface area contributed by atoms with Crippen LogP contribution in [0.15, 0.2) is 0 Å². The smallest absolute Gasteiger partial charge is 0.239 e. The highest BCUT2D eigenvalue weighted by molar-refractivity contribution is 5.81. The average molecular weight is 335 g/mol. The maximum atomic E-state index is 13.0. The van der Waals surface area contributed by atoms with Crippen LogP contribution in [0.4, 0.5) is 0 Å². The van der Waals surface area contributed by atoms with Crippen molar-refractivity contribution in [2.45, 2.75) is 83.3 Å². The van der Waals surface area contributed by atoms with E-state index in [1.165, 1.54) is 12.8 Å². The van der Waals surface area contributed by atoms with Crippen LogP contribution in [0.3, 0.4) is 0 Å². The van der Waals surface area contributed by atoms with E-state index < -0.39 is 0 Å². The summed E-state index contributed by atoms with van der Waals surface area (Å²) >= 11 is 0. The molecule has 0 N–H and O–H groups in total. The summed E-state index contributed by atoms with van der Waals surface area (Å²) in [7, 11) is 0. The molecule has 3 rings (SSSR count). The highest BCUT2D eigenvalue weighted by Gasteiger charge is 2.42. The topological polar surface area (TPSA) is 43.9 Å². The van der Waals surface area contributed by atoms with Crippen LogP contribution in [0.1, 0.15) is 65.2 Å². The van der Waals surface area contributed by atoms with Gasteiger partial charge in [-0.25, -0.2) is 0 Å². The van der Waals surface area contributed by atoms with Gasteiger partial charge in [-0.3, -0.25) is 14.5 Å². The Kier molecular flexibility index (Phi) is 5.80. The molecule has 3 fully saturated rings. The van der Waals surface area contributed by atoms with Crippen molar-refractivity contribution in [3.8, 4) is 0 Å². The first kappa shape index (κ1) is 17.7. The van der Waals surface area contributed by atoms with Gasteiger partial charge in [0.05, 0.1) is 6.04 Å². The number of amides is 2. The molecule has 3 aliphatic rings. The molecular weight excluding hydrogens is 302 g/mol. The Bertz CT molecular complexity index is 460. The molecule has 24 heavy (non-hydrogen) atoms. The van der Waals surface area contributed by atoms with E-state index in [2.05, 4.69) is 16.7 Å². The summed E-state index contributed by atoms with van der Waals surface area (Å²) in [6.07, 6.45) is 9.23. The predicted octanol–water partition coefficient (Wildman–Crippen LogP) is 2.25. The van der Waals surface area contributed by atoms with Crippen LogP contribution in [-0.2, 0) is 9.59 Å². The van der Waals surface area contributed by atoms with Gasteiger partial charge in [-0.05, 0) is 52.0 Å². The predicted molar refractivity (Wildman–Crippen MR) is 94.6 cm³/mol. The van der Waals surface area contributed by atoms with Crippen LogP contribution in [0.25, 0.3) is 0 Å². The van der Waals surface area contributed by atoms with Gasteiger partial charge in [0, 0.05) is 38.6 Å². The zero-order chi connectivity index (χ0) is 17.1. The van der Waals surface area contributed by atoms with Crippen molar-refractivity contribution < 1.29 is 9.59 Å². The number of hydrogen-bond acceptors (Lipinski definition) is 3. The molecule has 0 spiro atoms. The molecule has 136 valence electrons. The molecule has 0 aliphatic carbocycles. The molecule has 0 aromatic rings. The van der Waals surface area contributed by atoms with Crippen LogP contribution in [0.2, 0.25) is 0 Å². The van der Waals surface area contributed by atoms with E-state index in [1.807, 2.05) is 4.90 Å². The molecular formula is C19H33N3O2. The fourth-order valence-corrected chi connectivity index (χ4v) is 4.99. The summed E-state index contributed by atoms with van der Waals surface area (Å²) in [6.45, 7) is 7.49. The van der Waals surface area contributed by atoms with Crippen LogP contribution in [0.5, 0.6) is 0 Å². The summed E-state index contributed by atoms with van der Waals surface area (Å²) in [5, 5.41) is 0. The molecule has 3 atom stereocenters. The van der Waals surface area contributed by atoms with E-state index in [0.717, 1.165) is 64.7 Å².